The van der Waals surface area contributed by atoms with Crippen molar-refractivity contribution in [3.63, 3.8) is 0 Å². The summed E-state index contributed by atoms with van der Waals surface area (Å²) >= 11 is 0. The van der Waals surface area contributed by atoms with E-state index in [1.807, 2.05) is 6.92 Å². The first kappa shape index (κ1) is 13.2. The second kappa shape index (κ2) is 5.60. The fraction of sp³-hybridized carbons (Fsp3) is 0.385. The van der Waals surface area contributed by atoms with E-state index < -0.39 is 0 Å². The Bertz CT molecular complexity index is 571. The largest absolute Gasteiger partial charge is 0.460 e. The quantitative estimate of drug-likeness (QED) is 0.807. The Kier molecular flexibility index (Phi) is 3.89. The summed E-state index contributed by atoms with van der Waals surface area (Å²) in [5, 5.41) is 6.58. The molecular weight excluding hydrogens is 246 g/mol. The molecule has 0 saturated heterocycles. The fourth-order valence-electron chi connectivity index (χ4n) is 1.72. The van der Waals surface area contributed by atoms with E-state index in [2.05, 4.69) is 17.4 Å². The molecule has 0 atom stereocenters. The number of carbonyl (C=O) groups is 1. The maximum Gasteiger partial charge on any atom is 0.259 e. The molecule has 0 aliphatic carbocycles. The van der Waals surface area contributed by atoms with Crippen LogP contribution in [0.4, 0.5) is 5.88 Å². The number of rotatable bonds is 5. The molecule has 2 heterocycles. The lowest BCUT2D eigenvalue weighted by molar-refractivity contribution is 0.0954. The van der Waals surface area contributed by atoms with Crippen molar-refractivity contribution in [3.05, 3.63) is 23.5 Å². The van der Waals surface area contributed by atoms with Crippen molar-refractivity contribution in [1.82, 2.24) is 10.5 Å². The molecule has 1 amide bonds. The summed E-state index contributed by atoms with van der Waals surface area (Å²) in [6.45, 7) is 4.46. The number of nitrogens with zero attached hydrogens (tertiary/aromatic N) is 1. The van der Waals surface area contributed by atoms with Crippen LogP contribution in [-0.4, -0.2) is 17.6 Å². The Hall–Kier alpha value is -2.24. The summed E-state index contributed by atoms with van der Waals surface area (Å²) in [5.41, 5.74) is 6.22. The molecule has 0 bridgehead atoms. The van der Waals surface area contributed by atoms with Crippen molar-refractivity contribution in [2.75, 3.05) is 12.3 Å². The second-order valence-electron chi connectivity index (χ2n) is 4.29. The number of anilines is 1. The molecule has 0 fully saturated rings. The number of nitrogens with two attached hydrogens (primary N) is 1. The smallest absolute Gasteiger partial charge is 0.259 e. The van der Waals surface area contributed by atoms with Gasteiger partial charge in [0.25, 0.3) is 5.91 Å². The highest BCUT2D eigenvalue weighted by atomic mass is 16.5. The Balaban J connectivity index is 2.25. The van der Waals surface area contributed by atoms with E-state index in [1.54, 1.807) is 12.1 Å². The SMILES string of the molecule is CCCCNC(=O)c1c(-c2ccc(C)o2)noc1N. The zero-order chi connectivity index (χ0) is 13.8. The zero-order valence-electron chi connectivity index (χ0n) is 11.0. The summed E-state index contributed by atoms with van der Waals surface area (Å²) in [7, 11) is 0. The average Bonchev–Trinajstić information content (AvgIpc) is 2.95. The molecule has 2 aromatic heterocycles. The van der Waals surface area contributed by atoms with Crippen LogP contribution in [0.2, 0.25) is 0 Å². The van der Waals surface area contributed by atoms with Gasteiger partial charge in [0.05, 0.1) is 0 Å². The molecule has 0 aliphatic rings. The third kappa shape index (κ3) is 2.78. The fourth-order valence-corrected chi connectivity index (χ4v) is 1.72. The summed E-state index contributed by atoms with van der Waals surface area (Å²) in [5.74, 6) is 0.904. The molecule has 2 rings (SSSR count). The number of nitrogens with one attached hydrogen (secondary N) is 1. The molecule has 6 heteroatoms. The van der Waals surface area contributed by atoms with E-state index in [1.165, 1.54) is 0 Å². The number of hydrogen-bond acceptors (Lipinski definition) is 5. The molecule has 2 aromatic rings. The van der Waals surface area contributed by atoms with Crippen LogP contribution >= 0.6 is 0 Å². The monoisotopic (exact) mass is 263 g/mol. The van der Waals surface area contributed by atoms with Crippen LogP contribution in [0.15, 0.2) is 21.1 Å². The van der Waals surface area contributed by atoms with Crippen LogP contribution in [0.5, 0.6) is 0 Å². The highest BCUT2D eigenvalue weighted by Gasteiger charge is 2.24. The normalized spacial score (nSPS) is 10.6. The number of carbonyl (C=O) groups excluding carboxylic acids is 1. The van der Waals surface area contributed by atoms with Crippen LogP contribution in [0.3, 0.4) is 0 Å². The summed E-state index contributed by atoms with van der Waals surface area (Å²) in [6, 6.07) is 3.52. The van der Waals surface area contributed by atoms with Gasteiger partial charge in [-0.25, -0.2) is 0 Å². The molecule has 0 saturated carbocycles. The van der Waals surface area contributed by atoms with Gasteiger partial charge in [0.2, 0.25) is 5.88 Å². The maximum atomic E-state index is 12.1. The number of amides is 1. The van der Waals surface area contributed by atoms with E-state index in [0.29, 0.717) is 18.0 Å². The van der Waals surface area contributed by atoms with Gasteiger partial charge in [0.1, 0.15) is 11.3 Å². The van der Waals surface area contributed by atoms with Crippen molar-refractivity contribution >= 4 is 11.8 Å². The zero-order valence-corrected chi connectivity index (χ0v) is 11.0. The lowest BCUT2D eigenvalue weighted by Gasteiger charge is -2.03. The van der Waals surface area contributed by atoms with Gasteiger partial charge in [-0.1, -0.05) is 18.5 Å². The molecule has 0 unspecified atom stereocenters. The standard InChI is InChI=1S/C13H17N3O3/c1-3-4-7-15-13(17)10-11(16-19-12(10)14)9-6-5-8(2)18-9/h5-6H,3-4,7,14H2,1-2H3,(H,15,17). The topological polar surface area (TPSA) is 94.3 Å². The number of furan rings is 1. The minimum atomic E-state index is -0.295. The molecule has 0 spiro atoms. The third-order valence-corrected chi connectivity index (χ3v) is 2.74. The van der Waals surface area contributed by atoms with Gasteiger partial charge in [-0.2, -0.15) is 0 Å². The molecule has 19 heavy (non-hydrogen) atoms. The average molecular weight is 263 g/mol. The van der Waals surface area contributed by atoms with Gasteiger partial charge in [0.15, 0.2) is 11.5 Å². The number of nitrogen functional groups attached to an aromatic ring is 1. The Labute approximate surface area is 110 Å². The number of aryl methyl sites for hydroxylation is 1. The lowest BCUT2D eigenvalue weighted by Crippen LogP contribution is -2.25. The van der Waals surface area contributed by atoms with E-state index in [4.69, 9.17) is 14.7 Å². The van der Waals surface area contributed by atoms with E-state index in [-0.39, 0.29) is 17.4 Å². The van der Waals surface area contributed by atoms with Gasteiger partial charge >= 0.3 is 0 Å². The van der Waals surface area contributed by atoms with Crippen molar-refractivity contribution in [1.29, 1.82) is 0 Å². The Morgan fingerprint density at radius 3 is 2.89 bits per heavy atom. The van der Waals surface area contributed by atoms with Gasteiger partial charge in [-0.05, 0) is 25.5 Å². The van der Waals surface area contributed by atoms with Crippen LogP contribution in [-0.2, 0) is 0 Å². The molecule has 3 N–H and O–H groups in total. The van der Waals surface area contributed by atoms with Gasteiger partial charge in [-0.15, -0.1) is 0 Å². The minimum Gasteiger partial charge on any atom is -0.460 e. The summed E-state index contributed by atoms with van der Waals surface area (Å²) < 4.78 is 10.3. The molecule has 0 radical (unpaired) electrons. The Morgan fingerprint density at radius 2 is 2.26 bits per heavy atom. The first-order valence-corrected chi connectivity index (χ1v) is 6.23. The third-order valence-electron chi connectivity index (χ3n) is 2.74. The van der Waals surface area contributed by atoms with Crippen LogP contribution in [0, 0.1) is 6.92 Å². The number of aromatic nitrogens is 1. The predicted molar refractivity (Wildman–Crippen MR) is 70.6 cm³/mol. The summed E-state index contributed by atoms with van der Waals surface area (Å²) in [6.07, 6.45) is 1.91. The van der Waals surface area contributed by atoms with Crippen molar-refractivity contribution < 1.29 is 13.7 Å². The van der Waals surface area contributed by atoms with Crippen LogP contribution in [0.25, 0.3) is 11.5 Å². The molecule has 0 aliphatic heterocycles. The van der Waals surface area contributed by atoms with Crippen molar-refractivity contribution in [3.8, 4) is 11.5 Å². The first-order chi connectivity index (χ1) is 9.13. The van der Waals surface area contributed by atoms with E-state index >= 15 is 0 Å². The highest BCUT2D eigenvalue weighted by molar-refractivity contribution is 6.03. The maximum absolute atomic E-state index is 12.1. The number of hydrogen-bond donors (Lipinski definition) is 2. The highest BCUT2D eigenvalue weighted by Crippen LogP contribution is 2.28. The van der Waals surface area contributed by atoms with E-state index in [0.717, 1.165) is 18.6 Å². The van der Waals surface area contributed by atoms with Gasteiger partial charge in [-0.3, -0.25) is 4.79 Å². The second-order valence-corrected chi connectivity index (χ2v) is 4.29. The predicted octanol–water partition coefficient (Wildman–Crippen LogP) is 2.36. The van der Waals surface area contributed by atoms with Crippen LogP contribution in [0.1, 0.15) is 35.9 Å². The minimum absolute atomic E-state index is 0.00180. The van der Waals surface area contributed by atoms with Crippen molar-refractivity contribution in [2.45, 2.75) is 26.7 Å². The molecule has 0 aromatic carbocycles. The lowest BCUT2D eigenvalue weighted by atomic mass is 10.2. The first-order valence-electron chi connectivity index (χ1n) is 6.23. The van der Waals surface area contributed by atoms with Crippen LogP contribution < -0.4 is 11.1 Å². The van der Waals surface area contributed by atoms with E-state index in [9.17, 15) is 4.79 Å². The number of unbranched alkanes of at least 4 members (excludes halogenated alkanes) is 1. The molecule has 102 valence electrons. The molecule has 6 nitrogen and oxygen atoms in total. The summed E-state index contributed by atoms with van der Waals surface area (Å²) in [4.78, 5) is 12.1. The van der Waals surface area contributed by atoms with Gasteiger partial charge in [0, 0.05) is 6.54 Å². The van der Waals surface area contributed by atoms with Gasteiger partial charge < -0.3 is 20.0 Å². The molecular formula is C13H17N3O3. The Morgan fingerprint density at radius 1 is 1.47 bits per heavy atom. The van der Waals surface area contributed by atoms with Crippen molar-refractivity contribution in [2.24, 2.45) is 0 Å².